The highest BCUT2D eigenvalue weighted by atomic mass is 79.9. The van der Waals surface area contributed by atoms with Crippen LogP contribution in [0, 0.1) is 0 Å². The summed E-state index contributed by atoms with van der Waals surface area (Å²) < 4.78 is 18.9. The monoisotopic (exact) mass is 431 g/mol. The van der Waals surface area contributed by atoms with Crippen LogP contribution in [-0.2, 0) is 21.4 Å². The van der Waals surface area contributed by atoms with Crippen LogP contribution in [0.4, 0.5) is 0 Å². The van der Waals surface area contributed by atoms with Crippen molar-refractivity contribution in [2.75, 3.05) is 20.8 Å². The Hall–Kier alpha value is -1.95. The molecule has 27 heavy (non-hydrogen) atoms. The van der Waals surface area contributed by atoms with Crippen molar-refractivity contribution in [2.45, 2.75) is 43.7 Å². The highest BCUT2D eigenvalue weighted by molar-refractivity contribution is 9.10. The molecule has 1 aromatic rings. The van der Waals surface area contributed by atoms with Gasteiger partial charge in [0, 0.05) is 23.5 Å². The Morgan fingerprint density at radius 2 is 2.15 bits per heavy atom. The van der Waals surface area contributed by atoms with E-state index in [1.165, 1.54) is 16.7 Å². The Morgan fingerprint density at radius 3 is 2.85 bits per heavy atom. The number of halogens is 1. The van der Waals surface area contributed by atoms with Crippen LogP contribution in [0.5, 0.6) is 11.5 Å². The van der Waals surface area contributed by atoms with Crippen LogP contribution in [0.1, 0.15) is 30.9 Å². The lowest BCUT2D eigenvalue weighted by atomic mass is 9.59. The molecule has 0 saturated carbocycles. The smallest absolute Gasteiger partial charge is 0.219 e. The minimum Gasteiger partial charge on any atom is -0.497 e. The first-order chi connectivity index (χ1) is 13.0. The number of hydrogen-bond acceptors (Lipinski definition) is 4. The molecule has 1 spiro atoms. The van der Waals surface area contributed by atoms with Gasteiger partial charge in [-0.25, -0.2) is 0 Å². The van der Waals surface area contributed by atoms with E-state index in [0.717, 1.165) is 47.5 Å². The lowest BCUT2D eigenvalue weighted by Gasteiger charge is -2.46. The Morgan fingerprint density at radius 1 is 1.33 bits per heavy atom. The predicted molar refractivity (Wildman–Crippen MR) is 104 cm³/mol. The van der Waals surface area contributed by atoms with Crippen LogP contribution in [0.15, 0.2) is 34.0 Å². The van der Waals surface area contributed by atoms with E-state index < -0.39 is 0 Å². The largest absolute Gasteiger partial charge is 0.497 e. The zero-order chi connectivity index (χ0) is 18.9. The lowest BCUT2D eigenvalue weighted by Crippen LogP contribution is -2.52. The Bertz CT molecular complexity index is 921. The fraction of sp³-hybridized carbons (Fsp3) is 0.476. The maximum absolute atomic E-state index is 12.4. The molecule has 3 unspecified atom stereocenters. The third-order valence-corrected chi connectivity index (χ3v) is 7.30. The molecule has 0 aromatic heterocycles. The van der Waals surface area contributed by atoms with Gasteiger partial charge >= 0.3 is 0 Å². The average molecular weight is 432 g/mol. The molecule has 3 atom stereocenters. The van der Waals surface area contributed by atoms with E-state index in [4.69, 9.17) is 14.2 Å². The molecular formula is C21H22BrNO4. The second-order valence-electron chi connectivity index (χ2n) is 7.64. The molecule has 2 bridgehead atoms. The molecule has 142 valence electrons. The Kier molecular flexibility index (Phi) is 3.67. The third kappa shape index (κ3) is 2.02. The first-order valence-electron chi connectivity index (χ1n) is 9.33. The van der Waals surface area contributed by atoms with E-state index in [1.807, 2.05) is 17.0 Å². The number of rotatable bonds is 2. The van der Waals surface area contributed by atoms with Gasteiger partial charge in [0.05, 0.1) is 25.7 Å². The van der Waals surface area contributed by atoms with E-state index in [0.29, 0.717) is 0 Å². The Labute approximate surface area is 167 Å². The van der Waals surface area contributed by atoms with Gasteiger partial charge in [0.1, 0.15) is 5.76 Å². The fourth-order valence-corrected chi connectivity index (χ4v) is 6.14. The summed E-state index contributed by atoms with van der Waals surface area (Å²) >= 11 is 3.76. The number of likely N-dealkylation sites (tertiary alicyclic amines) is 1. The fourth-order valence-electron chi connectivity index (χ4n) is 5.57. The third-order valence-electron chi connectivity index (χ3n) is 6.59. The standard InChI is InChI=1S/C21H22BrNO4/c1-11(24)23-8-4-7-21-13-5-6-16(25-2)20(21)27-19-17(26-3)10-14(22)12(18(19)21)9-15(13)23/h5-6,10,15,20H,4,7-9H2,1-3H3. The number of carbonyl (C=O) groups excluding carboxylic acids is 1. The summed E-state index contributed by atoms with van der Waals surface area (Å²) in [4.78, 5) is 14.5. The number of amides is 1. The summed E-state index contributed by atoms with van der Waals surface area (Å²) in [6.07, 6.45) is 6.59. The van der Waals surface area contributed by atoms with Crippen molar-refractivity contribution in [3.05, 3.63) is 45.2 Å². The molecule has 4 aliphatic rings. The molecule has 2 aliphatic carbocycles. The lowest BCUT2D eigenvalue weighted by molar-refractivity contribution is -0.130. The molecular weight excluding hydrogens is 410 g/mol. The van der Waals surface area contributed by atoms with E-state index in [1.54, 1.807) is 21.1 Å². The highest BCUT2D eigenvalue weighted by Gasteiger charge is 2.61. The topological polar surface area (TPSA) is 48.0 Å². The zero-order valence-corrected chi connectivity index (χ0v) is 17.3. The maximum atomic E-state index is 12.4. The molecule has 5 nitrogen and oxygen atoms in total. The second kappa shape index (κ2) is 5.77. The van der Waals surface area contributed by atoms with Crippen LogP contribution < -0.4 is 9.47 Å². The molecule has 1 fully saturated rings. The molecule has 1 saturated heterocycles. The maximum Gasteiger partial charge on any atom is 0.219 e. The number of benzene rings is 1. The van der Waals surface area contributed by atoms with Crippen LogP contribution >= 0.6 is 15.9 Å². The molecule has 1 amide bonds. The van der Waals surface area contributed by atoms with E-state index in [2.05, 4.69) is 22.0 Å². The van der Waals surface area contributed by atoms with Crippen molar-refractivity contribution in [3.63, 3.8) is 0 Å². The quantitative estimate of drug-likeness (QED) is 0.718. The van der Waals surface area contributed by atoms with Crippen LogP contribution in [0.3, 0.4) is 0 Å². The summed E-state index contributed by atoms with van der Waals surface area (Å²) in [5.41, 5.74) is 3.41. The summed E-state index contributed by atoms with van der Waals surface area (Å²) in [6.45, 7) is 2.44. The van der Waals surface area contributed by atoms with Gasteiger partial charge in [0.15, 0.2) is 17.6 Å². The summed E-state index contributed by atoms with van der Waals surface area (Å²) in [5, 5.41) is 0. The van der Waals surface area contributed by atoms with Crippen LogP contribution in [-0.4, -0.2) is 43.7 Å². The van der Waals surface area contributed by atoms with E-state index >= 15 is 0 Å². The van der Waals surface area contributed by atoms with Crippen molar-refractivity contribution in [3.8, 4) is 11.5 Å². The van der Waals surface area contributed by atoms with Crippen LogP contribution in [0.2, 0.25) is 0 Å². The Balaban J connectivity index is 1.85. The number of methoxy groups -OCH3 is 2. The van der Waals surface area contributed by atoms with E-state index in [9.17, 15) is 4.79 Å². The molecule has 0 N–H and O–H groups in total. The minimum absolute atomic E-state index is 0.0499. The first-order valence-corrected chi connectivity index (χ1v) is 10.1. The normalized spacial score (nSPS) is 29.9. The number of allylic oxidation sites excluding steroid dienone is 2. The number of carbonyl (C=O) groups is 1. The van der Waals surface area contributed by atoms with Gasteiger partial charge in [-0.2, -0.15) is 0 Å². The predicted octanol–water partition coefficient (Wildman–Crippen LogP) is 3.49. The van der Waals surface area contributed by atoms with Crippen molar-refractivity contribution in [1.29, 1.82) is 0 Å². The molecule has 2 aliphatic heterocycles. The van der Waals surface area contributed by atoms with Crippen molar-refractivity contribution < 1.29 is 19.0 Å². The summed E-state index contributed by atoms with van der Waals surface area (Å²) in [6, 6.07) is 2.03. The molecule has 5 rings (SSSR count). The molecule has 2 heterocycles. The average Bonchev–Trinajstić information content (AvgIpc) is 2.94. The van der Waals surface area contributed by atoms with Gasteiger partial charge in [-0.3, -0.25) is 4.79 Å². The van der Waals surface area contributed by atoms with Gasteiger partial charge in [-0.1, -0.05) is 22.0 Å². The zero-order valence-electron chi connectivity index (χ0n) is 15.7. The number of nitrogens with zero attached hydrogens (tertiary/aromatic N) is 1. The van der Waals surface area contributed by atoms with Crippen molar-refractivity contribution >= 4 is 21.8 Å². The van der Waals surface area contributed by atoms with E-state index in [-0.39, 0.29) is 23.5 Å². The second-order valence-corrected chi connectivity index (χ2v) is 8.50. The van der Waals surface area contributed by atoms with Gasteiger partial charge in [-0.15, -0.1) is 0 Å². The SMILES string of the molecule is COC1=CC=C2C3Cc4c(Br)cc(OC)c5c4C2(CCCN3C(C)=O)C1O5. The highest BCUT2D eigenvalue weighted by Crippen LogP contribution is 2.63. The minimum atomic E-state index is -0.297. The van der Waals surface area contributed by atoms with Crippen molar-refractivity contribution in [2.24, 2.45) is 0 Å². The molecule has 0 radical (unpaired) electrons. The van der Waals surface area contributed by atoms with Crippen LogP contribution in [0.25, 0.3) is 0 Å². The number of hydrogen-bond donors (Lipinski definition) is 0. The van der Waals surface area contributed by atoms with Gasteiger partial charge < -0.3 is 19.1 Å². The van der Waals surface area contributed by atoms with Gasteiger partial charge in [-0.05, 0) is 42.5 Å². The number of ether oxygens (including phenoxy) is 3. The first kappa shape index (κ1) is 17.2. The summed E-state index contributed by atoms with van der Waals surface area (Å²) in [7, 11) is 3.37. The summed E-state index contributed by atoms with van der Waals surface area (Å²) in [5.74, 6) is 2.52. The van der Waals surface area contributed by atoms with Crippen molar-refractivity contribution in [1.82, 2.24) is 4.90 Å². The molecule has 6 heteroatoms. The van der Waals surface area contributed by atoms with Gasteiger partial charge in [0.2, 0.25) is 5.91 Å². The molecule has 1 aromatic carbocycles. The van der Waals surface area contributed by atoms with Gasteiger partial charge in [0.25, 0.3) is 0 Å².